The van der Waals surface area contributed by atoms with Gasteiger partial charge in [0.25, 0.3) is 5.91 Å². The molecule has 1 atom stereocenters. The van der Waals surface area contributed by atoms with Gasteiger partial charge in [0.1, 0.15) is 11.9 Å². The molecule has 2 amide bonds. The minimum Gasteiger partial charge on any atom is -0.478 e. The summed E-state index contributed by atoms with van der Waals surface area (Å²) in [7, 11) is 0. The first-order valence-corrected chi connectivity index (χ1v) is 8.45. The number of carboxylic acid groups (broad SMARTS) is 1. The normalized spacial score (nSPS) is 11.7. The van der Waals surface area contributed by atoms with Gasteiger partial charge in [-0.15, -0.1) is 0 Å². The van der Waals surface area contributed by atoms with Gasteiger partial charge >= 0.3 is 5.97 Å². The van der Waals surface area contributed by atoms with Crippen LogP contribution in [0.4, 0.5) is 4.39 Å². The van der Waals surface area contributed by atoms with Gasteiger partial charge in [-0.2, -0.15) is 0 Å². The summed E-state index contributed by atoms with van der Waals surface area (Å²) >= 11 is 0. The number of nitrogens with one attached hydrogen (secondary N) is 2. The molecule has 2 aromatic rings. The summed E-state index contributed by atoms with van der Waals surface area (Å²) < 4.78 is 13.7. The fraction of sp³-hybridized carbons (Fsp3) is 0.250. The number of rotatable bonds is 7. The highest BCUT2D eigenvalue weighted by atomic mass is 19.1. The van der Waals surface area contributed by atoms with Gasteiger partial charge in [-0.05, 0) is 35.7 Å². The molecule has 142 valence electrons. The molecular weight excluding hydrogens is 351 g/mol. The zero-order valence-corrected chi connectivity index (χ0v) is 15.0. The van der Waals surface area contributed by atoms with Crippen LogP contribution >= 0.6 is 0 Å². The van der Waals surface area contributed by atoms with Gasteiger partial charge in [0, 0.05) is 6.54 Å². The van der Waals surface area contributed by atoms with Gasteiger partial charge in [0.2, 0.25) is 5.91 Å². The van der Waals surface area contributed by atoms with E-state index in [9.17, 15) is 18.8 Å². The summed E-state index contributed by atoms with van der Waals surface area (Å²) in [5.74, 6) is -2.96. The molecule has 1 unspecified atom stereocenters. The number of aromatic carboxylic acids is 1. The van der Waals surface area contributed by atoms with Crippen LogP contribution in [0, 0.1) is 11.7 Å². The third-order valence-corrected chi connectivity index (χ3v) is 4.02. The molecular formula is C20H21FN2O4. The van der Waals surface area contributed by atoms with E-state index in [4.69, 9.17) is 5.11 Å². The van der Waals surface area contributed by atoms with Crippen LogP contribution in [0.1, 0.15) is 40.1 Å². The zero-order valence-electron chi connectivity index (χ0n) is 15.0. The van der Waals surface area contributed by atoms with Crippen molar-refractivity contribution >= 4 is 17.8 Å². The predicted molar refractivity (Wildman–Crippen MR) is 97.7 cm³/mol. The van der Waals surface area contributed by atoms with Crippen molar-refractivity contribution in [2.45, 2.75) is 26.4 Å². The Balaban J connectivity index is 2.01. The van der Waals surface area contributed by atoms with E-state index in [0.717, 1.165) is 5.56 Å². The molecule has 2 rings (SSSR count). The molecule has 27 heavy (non-hydrogen) atoms. The standard InChI is InChI=1S/C20H21FN2O4/c1-12(2)17(23-18(24)15-5-3-4-6-16(15)21)19(25)22-11-13-7-9-14(10-8-13)20(26)27/h3-10,12,17H,11H2,1-2H3,(H,22,25)(H,23,24)(H,26,27). The van der Waals surface area contributed by atoms with Gasteiger partial charge in [0.05, 0.1) is 11.1 Å². The van der Waals surface area contributed by atoms with Crippen molar-refractivity contribution in [3.05, 3.63) is 71.0 Å². The zero-order chi connectivity index (χ0) is 20.0. The second-order valence-electron chi connectivity index (χ2n) is 6.39. The molecule has 0 saturated heterocycles. The van der Waals surface area contributed by atoms with Crippen LogP contribution < -0.4 is 10.6 Å². The molecule has 0 aromatic heterocycles. The van der Waals surface area contributed by atoms with E-state index in [-0.39, 0.29) is 23.6 Å². The van der Waals surface area contributed by atoms with Crippen molar-refractivity contribution in [1.82, 2.24) is 10.6 Å². The highest BCUT2D eigenvalue weighted by molar-refractivity contribution is 5.97. The minimum absolute atomic E-state index is 0.125. The third-order valence-electron chi connectivity index (χ3n) is 4.02. The van der Waals surface area contributed by atoms with Crippen molar-refractivity contribution in [1.29, 1.82) is 0 Å². The van der Waals surface area contributed by atoms with Crippen LogP contribution in [0.15, 0.2) is 48.5 Å². The van der Waals surface area contributed by atoms with Gasteiger partial charge in [-0.1, -0.05) is 38.1 Å². The lowest BCUT2D eigenvalue weighted by Gasteiger charge is -2.22. The Morgan fingerprint density at radius 3 is 2.22 bits per heavy atom. The first-order chi connectivity index (χ1) is 12.8. The Hall–Kier alpha value is -3.22. The second kappa shape index (κ2) is 8.93. The van der Waals surface area contributed by atoms with E-state index < -0.39 is 29.6 Å². The van der Waals surface area contributed by atoms with Crippen molar-refractivity contribution < 1.29 is 23.9 Å². The summed E-state index contributed by atoms with van der Waals surface area (Å²) in [6, 6.07) is 10.8. The number of carbonyl (C=O) groups excluding carboxylic acids is 2. The van der Waals surface area contributed by atoms with Gasteiger partial charge in [-0.3, -0.25) is 9.59 Å². The summed E-state index contributed by atoms with van der Waals surface area (Å²) in [6.45, 7) is 3.72. The number of carboxylic acids is 1. The lowest BCUT2D eigenvalue weighted by Crippen LogP contribution is -2.49. The number of hydrogen-bond acceptors (Lipinski definition) is 3. The van der Waals surface area contributed by atoms with E-state index in [1.807, 2.05) is 0 Å². The van der Waals surface area contributed by atoms with Crippen LogP contribution in [-0.4, -0.2) is 28.9 Å². The van der Waals surface area contributed by atoms with Crippen LogP contribution in [-0.2, 0) is 11.3 Å². The number of carbonyl (C=O) groups is 3. The third kappa shape index (κ3) is 5.37. The Morgan fingerprint density at radius 1 is 1.04 bits per heavy atom. The number of benzene rings is 2. The number of amides is 2. The molecule has 0 saturated carbocycles. The quantitative estimate of drug-likeness (QED) is 0.696. The first-order valence-electron chi connectivity index (χ1n) is 8.45. The molecule has 0 heterocycles. The van der Waals surface area contributed by atoms with Crippen molar-refractivity contribution in [3.8, 4) is 0 Å². The van der Waals surface area contributed by atoms with Gasteiger partial charge in [0.15, 0.2) is 0 Å². The Bertz CT molecular complexity index is 834. The van der Waals surface area contributed by atoms with E-state index in [1.165, 1.54) is 30.3 Å². The predicted octanol–water partition coefficient (Wildman–Crippen LogP) is 2.59. The van der Waals surface area contributed by atoms with Crippen LogP contribution in [0.25, 0.3) is 0 Å². The summed E-state index contributed by atoms with van der Waals surface area (Å²) in [5, 5.41) is 14.2. The van der Waals surface area contributed by atoms with Gasteiger partial charge < -0.3 is 15.7 Å². The fourth-order valence-corrected chi connectivity index (χ4v) is 2.46. The monoisotopic (exact) mass is 372 g/mol. The van der Waals surface area contributed by atoms with E-state index in [1.54, 1.807) is 32.0 Å². The van der Waals surface area contributed by atoms with Crippen molar-refractivity contribution in [3.63, 3.8) is 0 Å². The molecule has 3 N–H and O–H groups in total. The topological polar surface area (TPSA) is 95.5 Å². The maximum Gasteiger partial charge on any atom is 0.335 e. The molecule has 0 aliphatic heterocycles. The summed E-state index contributed by atoms with van der Waals surface area (Å²) in [5.41, 5.74) is 0.749. The minimum atomic E-state index is -1.03. The second-order valence-corrected chi connectivity index (χ2v) is 6.39. The van der Waals surface area contributed by atoms with Crippen molar-refractivity contribution in [2.24, 2.45) is 5.92 Å². The Kier molecular flexibility index (Phi) is 6.65. The van der Waals surface area contributed by atoms with Crippen LogP contribution in [0.2, 0.25) is 0 Å². The Labute approximate surface area is 156 Å². The molecule has 6 nitrogen and oxygen atoms in total. The van der Waals surface area contributed by atoms with Crippen LogP contribution in [0.3, 0.4) is 0 Å². The smallest absolute Gasteiger partial charge is 0.335 e. The molecule has 0 aliphatic carbocycles. The maximum absolute atomic E-state index is 13.7. The van der Waals surface area contributed by atoms with E-state index in [0.29, 0.717) is 0 Å². The Morgan fingerprint density at radius 2 is 1.67 bits per heavy atom. The van der Waals surface area contributed by atoms with E-state index >= 15 is 0 Å². The lowest BCUT2D eigenvalue weighted by atomic mass is 10.0. The molecule has 2 aromatic carbocycles. The number of hydrogen-bond donors (Lipinski definition) is 3. The average Bonchev–Trinajstić information content (AvgIpc) is 2.64. The summed E-state index contributed by atoms with van der Waals surface area (Å²) in [4.78, 5) is 35.6. The lowest BCUT2D eigenvalue weighted by molar-refractivity contribution is -0.124. The highest BCUT2D eigenvalue weighted by Crippen LogP contribution is 2.10. The molecule has 0 fully saturated rings. The largest absolute Gasteiger partial charge is 0.478 e. The molecule has 7 heteroatoms. The van der Waals surface area contributed by atoms with Crippen LogP contribution in [0.5, 0.6) is 0 Å². The molecule has 0 aliphatic rings. The van der Waals surface area contributed by atoms with E-state index in [2.05, 4.69) is 10.6 Å². The van der Waals surface area contributed by atoms with Gasteiger partial charge in [-0.25, -0.2) is 9.18 Å². The van der Waals surface area contributed by atoms with Crippen molar-refractivity contribution in [2.75, 3.05) is 0 Å². The molecule has 0 bridgehead atoms. The SMILES string of the molecule is CC(C)C(NC(=O)c1ccccc1F)C(=O)NCc1ccc(C(=O)O)cc1. The molecule has 0 radical (unpaired) electrons. The number of halogens is 1. The highest BCUT2D eigenvalue weighted by Gasteiger charge is 2.25. The maximum atomic E-state index is 13.7. The average molecular weight is 372 g/mol. The fourth-order valence-electron chi connectivity index (χ4n) is 2.46. The molecule has 0 spiro atoms. The first kappa shape index (κ1) is 20.1. The summed E-state index contributed by atoms with van der Waals surface area (Å²) in [6.07, 6.45) is 0.